The Morgan fingerprint density at radius 3 is 1.84 bits per heavy atom. The van der Waals surface area contributed by atoms with Crippen molar-refractivity contribution in [3.8, 4) is 33.4 Å². The number of aryl methyl sites for hydroxylation is 1. The zero-order valence-corrected chi connectivity index (χ0v) is 42.8. The molecule has 8 aromatic carbocycles. The van der Waals surface area contributed by atoms with Crippen molar-refractivity contribution >= 4 is 57.4 Å². The van der Waals surface area contributed by atoms with Gasteiger partial charge in [0.2, 0.25) is 0 Å². The van der Waals surface area contributed by atoms with E-state index >= 15 is 0 Å². The predicted molar refractivity (Wildman–Crippen MR) is 299 cm³/mol. The van der Waals surface area contributed by atoms with Gasteiger partial charge in [-0.2, -0.15) is 0 Å². The van der Waals surface area contributed by atoms with Gasteiger partial charge in [-0.15, -0.1) is 0 Å². The lowest BCUT2D eigenvalue weighted by Gasteiger charge is -2.44. The van der Waals surface area contributed by atoms with Crippen molar-refractivity contribution in [2.75, 3.05) is 10.2 Å². The van der Waals surface area contributed by atoms with E-state index in [0.29, 0.717) is 0 Å². The molecule has 2 nitrogen and oxygen atoms in total. The second-order valence-corrected chi connectivity index (χ2v) is 24.4. The average molecular weight is 899 g/mol. The van der Waals surface area contributed by atoms with Crippen LogP contribution in [0.15, 0.2) is 146 Å². The Morgan fingerprint density at radius 1 is 0.464 bits per heavy atom. The summed E-state index contributed by atoms with van der Waals surface area (Å²) in [5, 5.41) is 6.73. The fourth-order valence-corrected chi connectivity index (χ4v) is 13.4. The molecular weight excluding hydrogens is 832 g/mol. The lowest BCUT2D eigenvalue weighted by molar-refractivity contribution is 0.332. The average Bonchev–Trinajstić information content (AvgIpc) is 3.56. The summed E-state index contributed by atoms with van der Waals surface area (Å²) in [6.07, 6.45) is 4.74. The molecule has 69 heavy (non-hydrogen) atoms. The lowest BCUT2D eigenvalue weighted by Crippen LogP contribution is -2.42. The van der Waals surface area contributed by atoms with E-state index in [0.717, 1.165) is 18.7 Å². The summed E-state index contributed by atoms with van der Waals surface area (Å²) in [5.41, 5.74) is 26.8. The number of nitrogens with zero attached hydrogens (tertiary/aromatic N) is 1. The van der Waals surface area contributed by atoms with Crippen molar-refractivity contribution in [1.29, 1.82) is 0 Å². The normalized spacial score (nSPS) is 18.2. The van der Waals surface area contributed by atoms with Gasteiger partial charge in [0, 0.05) is 39.4 Å². The molecule has 0 radical (unpaired) electrons. The van der Waals surface area contributed by atoms with E-state index in [1.807, 2.05) is 0 Å². The van der Waals surface area contributed by atoms with Gasteiger partial charge in [0.05, 0.1) is 0 Å². The third-order valence-corrected chi connectivity index (χ3v) is 17.7. The van der Waals surface area contributed by atoms with E-state index in [1.165, 1.54) is 137 Å². The SMILES string of the molecule is Cc1cc2c(cc1N1c3cc(-c4ccccc4)ccc3Bc3c1cc1ccccc1c3-c1c(Nc3ccc4c(c3)C(C)(C)CCC4(C)C)ccc3c1C(C)(C)c1ccccc1-3)C(C)(C)CCC2(C)C. The molecule has 3 heteroatoms. The van der Waals surface area contributed by atoms with Crippen molar-refractivity contribution < 1.29 is 0 Å². The van der Waals surface area contributed by atoms with Crippen LogP contribution < -0.4 is 21.1 Å². The fourth-order valence-electron chi connectivity index (χ4n) is 13.4. The molecule has 0 bridgehead atoms. The summed E-state index contributed by atoms with van der Waals surface area (Å²) in [6, 6.07) is 56.3. The first-order valence-corrected chi connectivity index (χ1v) is 25.7. The third-order valence-electron chi connectivity index (χ3n) is 17.7. The molecule has 0 amide bonds. The van der Waals surface area contributed by atoms with Crippen LogP contribution in [-0.2, 0) is 27.1 Å². The van der Waals surface area contributed by atoms with Crippen LogP contribution in [0.25, 0.3) is 44.2 Å². The molecular formula is C66H67BN2. The molecule has 0 unspecified atom stereocenters. The first-order valence-electron chi connectivity index (χ1n) is 25.7. The molecule has 0 saturated heterocycles. The van der Waals surface area contributed by atoms with Crippen molar-refractivity contribution in [3.05, 3.63) is 185 Å². The molecule has 12 rings (SSSR count). The first kappa shape index (κ1) is 43.9. The Bertz CT molecular complexity index is 3440. The highest BCUT2D eigenvalue weighted by Gasteiger charge is 2.43. The van der Waals surface area contributed by atoms with Crippen LogP contribution in [0, 0.1) is 6.92 Å². The fraction of sp³-hybridized carbons (Fsp3) is 0.303. The van der Waals surface area contributed by atoms with Gasteiger partial charge >= 0.3 is 0 Å². The molecule has 1 aliphatic heterocycles. The van der Waals surface area contributed by atoms with Gasteiger partial charge in [-0.05, 0) is 174 Å². The molecule has 0 aromatic heterocycles. The third kappa shape index (κ3) is 6.73. The molecule has 3 aliphatic carbocycles. The van der Waals surface area contributed by atoms with Crippen LogP contribution >= 0.6 is 0 Å². The van der Waals surface area contributed by atoms with E-state index < -0.39 is 0 Å². The molecule has 0 saturated carbocycles. The van der Waals surface area contributed by atoms with Crippen LogP contribution in [0.2, 0.25) is 0 Å². The molecule has 1 N–H and O–H groups in total. The number of hydrogen-bond acceptors (Lipinski definition) is 2. The van der Waals surface area contributed by atoms with Crippen LogP contribution in [0.4, 0.5) is 28.4 Å². The zero-order chi connectivity index (χ0) is 48.0. The maximum Gasteiger partial charge on any atom is 0.198 e. The second-order valence-electron chi connectivity index (χ2n) is 24.4. The zero-order valence-electron chi connectivity index (χ0n) is 42.8. The predicted octanol–water partition coefficient (Wildman–Crippen LogP) is 16.4. The Morgan fingerprint density at radius 2 is 1.10 bits per heavy atom. The minimum Gasteiger partial charge on any atom is -0.355 e. The van der Waals surface area contributed by atoms with Crippen molar-refractivity contribution in [2.24, 2.45) is 0 Å². The summed E-state index contributed by atoms with van der Waals surface area (Å²) >= 11 is 0. The highest BCUT2D eigenvalue weighted by atomic mass is 15.2. The topological polar surface area (TPSA) is 15.3 Å². The van der Waals surface area contributed by atoms with Gasteiger partial charge in [0.1, 0.15) is 0 Å². The number of hydrogen-bond donors (Lipinski definition) is 1. The van der Waals surface area contributed by atoms with Crippen molar-refractivity contribution in [1.82, 2.24) is 0 Å². The van der Waals surface area contributed by atoms with E-state index in [1.54, 1.807) is 0 Å². The standard InChI is InChI=1S/C66H67BN2/c1-40-35-50-52(65(8,9)34-33-63(50,4)5)39-55(40)69-56-36-42(41-19-13-12-14-20-41)25-29-53(56)67-61-57(69)37-43-21-15-16-22-45(43)58(61)59-54(30-27-47-46-23-17-18-24-48(46)66(10,11)60(47)59)68-44-26-28-49-51(38-44)64(6,7)32-31-62(49,2)3/h12-30,35-39,67-68H,31-34H2,1-11H3. The largest absolute Gasteiger partial charge is 0.355 e. The number of anilines is 5. The Kier molecular flexibility index (Phi) is 9.61. The summed E-state index contributed by atoms with van der Waals surface area (Å²) in [6.45, 7) is 26.8. The van der Waals surface area contributed by atoms with Gasteiger partial charge in [-0.3, -0.25) is 0 Å². The summed E-state index contributed by atoms with van der Waals surface area (Å²) < 4.78 is 0. The molecule has 8 aromatic rings. The van der Waals surface area contributed by atoms with Gasteiger partial charge in [-0.1, -0.05) is 184 Å². The molecule has 0 spiro atoms. The molecule has 4 aliphatic rings. The maximum atomic E-state index is 4.19. The minimum atomic E-state index is -0.255. The first-order chi connectivity index (χ1) is 32.8. The highest BCUT2D eigenvalue weighted by molar-refractivity contribution is 6.74. The number of benzene rings is 8. The summed E-state index contributed by atoms with van der Waals surface area (Å²) in [5.74, 6) is 0. The monoisotopic (exact) mass is 899 g/mol. The lowest BCUT2D eigenvalue weighted by atomic mass is 9.57. The number of nitrogens with one attached hydrogen (secondary N) is 1. The van der Waals surface area contributed by atoms with Crippen LogP contribution in [0.3, 0.4) is 0 Å². The summed E-state index contributed by atoms with van der Waals surface area (Å²) in [7, 11) is 0.817. The Balaban J connectivity index is 1.16. The quantitative estimate of drug-likeness (QED) is 0.173. The summed E-state index contributed by atoms with van der Waals surface area (Å²) in [4.78, 5) is 2.67. The second kappa shape index (κ2) is 15.1. The van der Waals surface area contributed by atoms with E-state index in [4.69, 9.17) is 0 Å². The molecule has 0 fully saturated rings. The van der Waals surface area contributed by atoms with Gasteiger partial charge in [0.15, 0.2) is 7.28 Å². The maximum absolute atomic E-state index is 4.19. The Labute approximate surface area is 412 Å². The van der Waals surface area contributed by atoms with Crippen LogP contribution in [0.5, 0.6) is 0 Å². The van der Waals surface area contributed by atoms with E-state index in [-0.39, 0.29) is 27.1 Å². The van der Waals surface area contributed by atoms with Crippen molar-refractivity contribution in [2.45, 2.75) is 129 Å². The molecule has 344 valence electrons. The van der Waals surface area contributed by atoms with Gasteiger partial charge in [-0.25, -0.2) is 0 Å². The van der Waals surface area contributed by atoms with Gasteiger partial charge < -0.3 is 10.2 Å². The minimum absolute atomic E-state index is 0.0581. The van der Waals surface area contributed by atoms with Gasteiger partial charge in [0.25, 0.3) is 0 Å². The van der Waals surface area contributed by atoms with E-state index in [2.05, 4.69) is 232 Å². The Hall–Kier alpha value is -6.32. The van der Waals surface area contributed by atoms with Crippen molar-refractivity contribution in [3.63, 3.8) is 0 Å². The highest BCUT2D eigenvalue weighted by Crippen LogP contribution is 2.57. The van der Waals surface area contributed by atoms with Crippen LogP contribution in [-0.4, -0.2) is 7.28 Å². The van der Waals surface area contributed by atoms with E-state index in [9.17, 15) is 0 Å². The van der Waals surface area contributed by atoms with Crippen LogP contribution in [0.1, 0.15) is 134 Å². The molecule has 1 heterocycles. The number of rotatable bonds is 5. The molecule has 0 atom stereocenters. The smallest absolute Gasteiger partial charge is 0.198 e. The number of fused-ring (bicyclic) bond motifs is 8.